The van der Waals surface area contributed by atoms with Crippen LogP contribution < -0.4 is 5.32 Å². The van der Waals surface area contributed by atoms with Crippen LogP contribution in [0.25, 0.3) is 0 Å². The molecular weight excluding hydrogens is 328 g/mol. The highest BCUT2D eigenvalue weighted by atomic mass is 35.5. The van der Waals surface area contributed by atoms with Crippen LogP contribution in [0.5, 0.6) is 0 Å². The van der Waals surface area contributed by atoms with Crippen molar-refractivity contribution in [2.75, 3.05) is 13.1 Å². The van der Waals surface area contributed by atoms with Crippen molar-refractivity contribution in [3.63, 3.8) is 0 Å². The molecule has 1 unspecified atom stereocenters. The van der Waals surface area contributed by atoms with Gasteiger partial charge >= 0.3 is 6.09 Å². The molecule has 132 valence electrons. The van der Waals surface area contributed by atoms with Crippen LogP contribution in [0.15, 0.2) is 24.3 Å². The Labute approximate surface area is 148 Å². The fraction of sp³-hybridized carbons (Fsp3) is 0.556. The van der Waals surface area contributed by atoms with E-state index in [0.29, 0.717) is 18.1 Å². The van der Waals surface area contributed by atoms with E-state index >= 15 is 0 Å². The molecule has 5 nitrogen and oxygen atoms in total. The van der Waals surface area contributed by atoms with Gasteiger partial charge in [0.15, 0.2) is 0 Å². The first-order chi connectivity index (χ1) is 11.3. The number of carbonyl (C=O) groups excluding carboxylic acids is 2. The summed E-state index contributed by atoms with van der Waals surface area (Å²) in [7, 11) is 0. The summed E-state index contributed by atoms with van der Waals surface area (Å²) in [5.41, 5.74) is 0.543. The van der Waals surface area contributed by atoms with Gasteiger partial charge in [-0.05, 0) is 57.2 Å². The average Bonchev–Trinajstić information content (AvgIpc) is 2.52. The second-order valence-electron chi connectivity index (χ2n) is 7.12. The van der Waals surface area contributed by atoms with E-state index in [0.717, 1.165) is 24.8 Å². The van der Waals surface area contributed by atoms with Crippen LogP contribution in [0.4, 0.5) is 4.79 Å². The molecule has 0 radical (unpaired) electrons. The maximum absolute atomic E-state index is 12.1. The van der Waals surface area contributed by atoms with Crippen molar-refractivity contribution in [3.05, 3.63) is 34.9 Å². The summed E-state index contributed by atoms with van der Waals surface area (Å²) in [5, 5.41) is 3.58. The van der Waals surface area contributed by atoms with Gasteiger partial charge in [-0.25, -0.2) is 4.79 Å². The van der Waals surface area contributed by atoms with Crippen LogP contribution in [-0.2, 0) is 9.53 Å². The lowest BCUT2D eigenvalue weighted by Crippen LogP contribution is -2.44. The van der Waals surface area contributed by atoms with Crippen molar-refractivity contribution in [1.82, 2.24) is 10.2 Å². The molecule has 6 heteroatoms. The van der Waals surface area contributed by atoms with Gasteiger partial charge in [0.2, 0.25) is 6.41 Å². The second kappa shape index (κ2) is 7.88. The largest absolute Gasteiger partial charge is 0.444 e. The van der Waals surface area contributed by atoms with Crippen molar-refractivity contribution in [3.8, 4) is 0 Å². The molecule has 1 aromatic rings. The van der Waals surface area contributed by atoms with E-state index in [1.807, 2.05) is 45.0 Å². The van der Waals surface area contributed by atoms with Crippen molar-refractivity contribution in [1.29, 1.82) is 0 Å². The molecule has 24 heavy (non-hydrogen) atoms. The minimum atomic E-state index is -0.487. The summed E-state index contributed by atoms with van der Waals surface area (Å²) in [6, 6.07) is 7.45. The summed E-state index contributed by atoms with van der Waals surface area (Å²) in [6.45, 7) is 6.85. The minimum absolute atomic E-state index is 0.0689. The summed E-state index contributed by atoms with van der Waals surface area (Å²) >= 11 is 5.94. The molecule has 1 aliphatic rings. The molecule has 0 saturated carbocycles. The first kappa shape index (κ1) is 18.6. The molecule has 2 rings (SSSR count). The van der Waals surface area contributed by atoms with Gasteiger partial charge in [-0.15, -0.1) is 0 Å². The predicted octanol–water partition coefficient (Wildman–Crippen LogP) is 3.77. The van der Waals surface area contributed by atoms with E-state index in [-0.39, 0.29) is 18.1 Å². The molecule has 0 aliphatic carbocycles. The fourth-order valence-electron chi connectivity index (χ4n) is 2.99. The Morgan fingerprint density at radius 2 is 1.88 bits per heavy atom. The monoisotopic (exact) mass is 352 g/mol. The molecule has 1 aliphatic heterocycles. The Hall–Kier alpha value is -1.75. The van der Waals surface area contributed by atoms with Crippen LogP contribution in [-0.4, -0.2) is 36.1 Å². The van der Waals surface area contributed by atoms with Crippen LogP contribution in [0.1, 0.15) is 45.2 Å². The number of benzene rings is 1. The van der Waals surface area contributed by atoms with Crippen LogP contribution in [0, 0.1) is 5.92 Å². The molecule has 0 bridgehead atoms. The molecule has 0 spiro atoms. The Morgan fingerprint density at radius 3 is 2.38 bits per heavy atom. The zero-order chi connectivity index (χ0) is 17.7. The van der Waals surface area contributed by atoms with E-state index in [2.05, 4.69) is 5.32 Å². The molecule has 1 atom stereocenters. The third-order valence-corrected chi connectivity index (χ3v) is 4.39. The molecular formula is C18H25ClN2O3. The Morgan fingerprint density at radius 1 is 1.29 bits per heavy atom. The van der Waals surface area contributed by atoms with Crippen LogP contribution >= 0.6 is 11.6 Å². The molecule has 1 saturated heterocycles. The second-order valence-corrected chi connectivity index (χ2v) is 7.55. The third-order valence-electron chi connectivity index (χ3n) is 4.14. The number of hydrogen-bond acceptors (Lipinski definition) is 3. The maximum atomic E-state index is 12.1. The molecule has 1 heterocycles. The number of rotatable bonds is 4. The summed E-state index contributed by atoms with van der Waals surface area (Å²) in [5.74, 6) is 0.273. The summed E-state index contributed by atoms with van der Waals surface area (Å²) in [6.07, 6.45) is 2.09. The summed E-state index contributed by atoms with van der Waals surface area (Å²) < 4.78 is 5.42. The predicted molar refractivity (Wildman–Crippen MR) is 93.9 cm³/mol. The van der Waals surface area contributed by atoms with Crippen molar-refractivity contribution >= 4 is 24.1 Å². The Kier molecular flexibility index (Phi) is 6.10. The number of piperidine rings is 1. The molecule has 1 fully saturated rings. The highest BCUT2D eigenvalue weighted by molar-refractivity contribution is 6.30. The van der Waals surface area contributed by atoms with E-state index in [1.165, 1.54) is 0 Å². The van der Waals surface area contributed by atoms with Crippen LogP contribution in [0.3, 0.4) is 0 Å². The van der Waals surface area contributed by atoms with Gasteiger partial charge in [0.25, 0.3) is 0 Å². The number of halogens is 1. The molecule has 1 N–H and O–H groups in total. The number of carbonyl (C=O) groups is 2. The van der Waals surface area contributed by atoms with Gasteiger partial charge in [0.05, 0.1) is 6.04 Å². The highest BCUT2D eigenvalue weighted by Gasteiger charge is 2.31. The molecule has 0 aromatic heterocycles. The van der Waals surface area contributed by atoms with Crippen molar-refractivity contribution in [2.45, 2.75) is 45.3 Å². The SMILES string of the molecule is CC(C)(C)OC(=O)N1CCC(C(NC=O)c2ccc(Cl)cc2)CC1. The maximum Gasteiger partial charge on any atom is 0.410 e. The first-order valence-corrected chi connectivity index (χ1v) is 8.61. The highest BCUT2D eigenvalue weighted by Crippen LogP contribution is 2.31. The Balaban J connectivity index is 1.99. The van der Waals surface area contributed by atoms with Gasteiger partial charge in [0, 0.05) is 18.1 Å². The lowest BCUT2D eigenvalue weighted by atomic mass is 9.85. The number of likely N-dealkylation sites (tertiary alicyclic amines) is 1. The normalized spacial score (nSPS) is 17.2. The average molecular weight is 353 g/mol. The van der Waals surface area contributed by atoms with Gasteiger partial charge in [-0.2, -0.15) is 0 Å². The van der Waals surface area contributed by atoms with Gasteiger partial charge in [-0.1, -0.05) is 23.7 Å². The van der Waals surface area contributed by atoms with Gasteiger partial charge < -0.3 is 15.0 Å². The zero-order valence-electron chi connectivity index (χ0n) is 14.4. The lowest BCUT2D eigenvalue weighted by Gasteiger charge is -2.36. The van der Waals surface area contributed by atoms with E-state index in [1.54, 1.807) is 4.90 Å². The number of amides is 2. The zero-order valence-corrected chi connectivity index (χ0v) is 15.2. The van der Waals surface area contributed by atoms with E-state index in [4.69, 9.17) is 16.3 Å². The van der Waals surface area contributed by atoms with E-state index in [9.17, 15) is 9.59 Å². The number of nitrogens with zero attached hydrogens (tertiary/aromatic N) is 1. The third kappa shape index (κ3) is 5.13. The smallest absolute Gasteiger partial charge is 0.410 e. The minimum Gasteiger partial charge on any atom is -0.444 e. The van der Waals surface area contributed by atoms with Crippen molar-refractivity contribution < 1.29 is 14.3 Å². The van der Waals surface area contributed by atoms with Gasteiger partial charge in [-0.3, -0.25) is 4.79 Å². The quantitative estimate of drug-likeness (QED) is 0.839. The molecule has 2 amide bonds. The van der Waals surface area contributed by atoms with Gasteiger partial charge in [0.1, 0.15) is 5.60 Å². The Bertz CT molecular complexity index is 561. The van der Waals surface area contributed by atoms with E-state index < -0.39 is 5.60 Å². The molecule has 1 aromatic carbocycles. The van der Waals surface area contributed by atoms with Crippen LogP contribution in [0.2, 0.25) is 5.02 Å². The van der Waals surface area contributed by atoms with Crippen molar-refractivity contribution in [2.24, 2.45) is 5.92 Å². The number of nitrogens with one attached hydrogen (secondary N) is 1. The summed E-state index contributed by atoms with van der Waals surface area (Å²) in [4.78, 5) is 24.9. The first-order valence-electron chi connectivity index (χ1n) is 8.23. The standard InChI is InChI=1S/C18H25ClN2O3/c1-18(2,3)24-17(23)21-10-8-14(9-11-21)16(20-12-22)13-4-6-15(19)7-5-13/h4-7,12,14,16H,8-11H2,1-3H3,(H,20,22). The number of ether oxygens (including phenoxy) is 1. The fourth-order valence-corrected chi connectivity index (χ4v) is 3.12. The topological polar surface area (TPSA) is 58.6 Å². The number of hydrogen-bond donors (Lipinski definition) is 1. The lowest BCUT2D eigenvalue weighted by molar-refractivity contribution is -0.110.